The fraction of sp³-hybridized carbons (Fsp3) is 0.500. The van der Waals surface area contributed by atoms with Gasteiger partial charge in [0.25, 0.3) is 0 Å². The Morgan fingerprint density at radius 1 is 1.22 bits per heavy atom. The maximum Gasteiger partial charge on any atom is 0.411 e. The van der Waals surface area contributed by atoms with Gasteiger partial charge in [0.15, 0.2) is 0 Å². The van der Waals surface area contributed by atoms with Gasteiger partial charge in [0.1, 0.15) is 12.4 Å². The first kappa shape index (κ1) is 15.2. The summed E-state index contributed by atoms with van der Waals surface area (Å²) in [5.41, 5.74) is 1.37. The predicted molar refractivity (Wildman–Crippen MR) is 61.3 cm³/mol. The van der Waals surface area contributed by atoms with E-state index in [0.717, 1.165) is 0 Å². The highest BCUT2D eigenvalue weighted by molar-refractivity contribution is 6.20. The Kier molecular flexibility index (Phi) is 4.99. The molecule has 0 saturated heterocycles. The maximum absolute atomic E-state index is 13.4. The van der Waals surface area contributed by atoms with Crippen LogP contribution in [0.25, 0.3) is 0 Å². The third kappa shape index (κ3) is 4.46. The SMILES string of the molecule is Cc1cc(C(Cl)COCC(F)(F)F)cc(C)c1F. The van der Waals surface area contributed by atoms with Crippen molar-refractivity contribution in [3.05, 3.63) is 34.6 Å². The second-order valence-corrected chi connectivity index (χ2v) is 4.59. The monoisotopic (exact) mass is 284 g/mol. The van der Waals surface area contributed by atoms with Crippen LogP contribution >= 0.6 is 11.6 Å². The van der Waals surface area contributed by atoms with E-state index in [1.165, 1.54) is 12.1 Å². The van der Waals surface area contributed by atoms with Gasteiger partial charge in [0.05, 0.1) is 12.0 Å². The average molecular weight is 285 g/mol. The standard InChI is InChI=1S/C12H13ClF4O/c1-7-3-9(4-8(2)11(7)14)10(13)5-18-6-12(15,16)17/h3-4,10H,5-6H2,1-2H3. The number of benzene rings is 1. The first-order chi connectivity index (χ1) is 8.20. The first-order valence-electron chi connectivity index (χ1n) is 5.26. The van der Waals surface area contributed by atoms with E-state index in [-0.39, 0.29) is 12.4 Å². The summed E-state index contributed by atoms with van der Waals surface area (Å²) in [6, 6.07) is 3.02. The molecule has 0 aliphatic heterocycles. The lowest BCUT2D eigenvalue weighted by atomic mass is 10.0. The number of rotatable bonds is 4. The smallest absolute Gasteiger partial charge is 0.370 e. The van der Waals surface area contributed by atoms with Gasteiger partial charge in [-0.05, 0) is 30.5 Å². The molecule has 6 heteroatoms. The molecule has 0 amide bonds. The van der Waals surface area contributed by atoms with Crippen molar-refractivity contribution >= 4 is 11.6 Å². The first-order valence-corrected chi connectivity index (χ1v) is 5.69. The van der Waals surface area contributed by atoms with E-state index in [4.69, 9.17) is 11.6 Å². The zero-order valence-electron chi connectivity index (χ0n) is 9.94. The summed E-state index contributed by atoms with van der Waals surface area (Å²) in [4.78, 5) is 0. The van der Waals surface area contributed by atoms with E-state index in [2.05, 4.69) is 4.74 Å². The van der Waals surface area contributed by atoms with E-state index < -0.39 is 18.2 Å². The lowest BCUT2D eigenvalue weighted by Crippen LogP contribution is -2.18. The second kappa shape index (κ2) is 5.89. The molecule has 0 aliphatic carbocycles. The number of hydrogen-bond donors (Lipinski definition) is 0. The van der Waals surface area contributed by atoms with Crippen LogP contribution in [0.4, 0.5) is 17.6 Å². The highest BCUT2D eigenvalue weighted by atomic mass is 35.5. The molecular formula is C12H13ClF4O. The van der Waals surface area contributed by atoms with Crippen molar-refractivity contribution in [1.29, 1.82) is 0 Å². The zero-order chi connectivity index (χ0) is 13.9. The fourth-order valence-corrected chi connectivity index (χ4v) is 1.75. The van der Waals surface area contributed by atoms with Gasteiger partial charge in [-0.15, -0.1) is 11.6 Å². The van der Waals surface area contributed by atoms with Gasteiger partial charge in [-0.25, -0.2) is 4.39 Å². The van der Waals surface area contributed by atoms with Crippen LogP contribution in [0.5, 0.6) is 0 Å². The third-order valence-corrected chi connectivity index (χ3v) is 2.73. The van der Waals surface area contributed by atoms with Crippen LogP contribution in [-0.4, -0.2) is 19.4 Å². The van der Waals surface area contributed by atoms with Gasteiger partial charge in [0, 0.05) is 0 Å². The van der Waals surface area contributed by atoms with Crippen LogP contribution < -0.4 is 0 Å². The summed E-state index contributed by atoms with van der Waals surface area (Å²) in [6.45, 7) is 1.54. The molecule has 18 heavy (non-hydrogen) atoms. The van der Waals surface area contributed by atoms with Gasteiger partial charge in [-0.2, -0.15) is 13.2 Å². The molecule has 1 aromatic carbocycles. The molecule has 1 nitrogen and oxygen atoms in total. The van der Waals surface area contributed by atoms with Crippen molar-refractivity contribution in [2.75, 3.05) is 13.2 Å². The number of alkyl halides is 4. The molecular weight excluding hydrogens is 272 g/mol. The largest absolute Gasteiger partial charge is 0.411 e. The van der Waals surface area contributed by atoms with Gasteiger partial charge in [-0.3, -0.25) is 0 Å². The van der Waals surface area contributed by atoms with E-state index in [1.807, 2.05) is 0 Å². The van der Waals surface area contributed by atoms with Crippen LogP contribution in [0.3, 0.4) is 0 Å². The quantitative estimate of drug-likeness (QED) is 0.592. The fourth-order valence-electron chi connectivity index (χ4n) is 1.53. The topological polar surface area (TPSA) is 9.23 Å². The van der Waals surface area contributed by atoms with Crippen LogP contribution in [-0.2, 0) is 4.74 Å². The molecule has 1 rings (SSSR count). The average Bonchev–Trinajstić information content (AvgIpc) is 2.23. The van der Waals surface area contributed by atoms with Crippen molar-refractivity contribution < 1.29 is 22.3 Å². The Hall–Kier alpha value is -0.810. The molecule has 0 heterocycles. The molecule has 0 fully saturated rings. The summed E-state index contributed by atoms with van der Waals surface area (Å²) in [6.07, 6.45) is -4.37. The molecule has 0 bridgehead atoms. The summed E-state index contributed by atoms with van der Waals surface area (Å²) in [5.74, 6) is -0.334. The second-order valence-electron chi connectivity index (χ2n) is 4.07. The molecule has 1 atom stereocenters. The molecule has 0 spiro atoms. The number of ether oxygens (including phenoxy) is 1. The molecule has 0 saturated carbocycles. The minimum Gasteiger partial charge on any atom is -0.370 e. The minimum atomic E-state index is -4.37. The van der Waals surface area contributed by atoms with Crippen LogP contribution in [0.15, 0.2) is 12.1 Å². The molecule has 0 aliphatic rings. The van der Waals surface area contributed by atoms with Gasteiger partial charge in [-0.1, -0.05) is 12.1 Å². The molecule has 102 valence electrons. The van der Waals surface area contributed by atoms with Crippen molar-refractivity contribution in [3.8, 4) is 0 Å². The molecule has 0 N–H and O–H groups in total. The van der Waals surface area contributed by atoms with E-state index >= 15 is 0 Å². The number of aryl methyl sites for hydroxylation is 2. The molecule has 1 aromatic rings. The van der Waals surface area contributed by atoms with Crippen molar-refractivity contribution in [2.24, 2.45) is 0 Å². The Morgan fingerprint density at radius 3 is 2.17 bits per heavy atom. The Morgan fingerprint density at radius 2 is 1.72 bits per heavy atom. The van der Waals surface area contributed by atoms with Crippen molar-refractivity contribution in [3.63, 3.8) is 0 Å². The van der Waals surface area contributed by atoms with Gasteiger partial charge in [0.2, 0.25) is 0 Å². The van der Waals surface area contributed by atoms with Crippen LogP contribution in [0.2, 0.25) is 0 Å². The summed E-state index contributed by atoms with van der Waals surface area (Å²) >= 11 is 5.92. The molecule has 0 radical (unpaired) electrons. The molecule has 0 aromatic heterocycles. The van der Waals surface area contributed by atoms with Gasteiger partial charge >= 0.3 is 6.18 Å². The lowest BCUT2D eigenvalue weighted by Gasteiger charge is -2.14. The van der Waals surface area contributed by atoms with Gasteiger partial charge < -0.3 is 4.74 Å². The Bertz CT molecular complexity index is 394. The number of hydrogen-bond acceptors (Lipinski definition) is 1. The normalized spacial score (nSPS) is 13.7. The van der Waals surface area contributed by atoms with Crippen LogP contribution in [0.1, 0.15) is 22.1 Å². The predicted octanol–water partition coefficient (Wildman–Crippen LogP) is 4.30. The highest BCUT2D eigenvalue weighted by Crippen LogP contribution is 2.26. The Labute approximate surface area is 108 Å². The third-order valence-electron chi connectivity index (χ3n) is 2.35. The van der Waals surface area contributed by atoms with Crippen LogP contribution in [0, 0.1) is 19.7 Å². The van der Waals surface area contributed by atoms with E-state index in [1.54, 1.807) is 13.8 Å². The highest BCUT2D eigenvalue weighted by Gasteiger charge is 2.28. The maximum atomic E-state index is 13.4. The summed E-state index contributed by atoms with van der Waals surface area (Å²) in [7, 11) is 0. The summed E-state index contributed by atoms with van der Waals surface area (Å²) in [5, 5.41) is -0.731. The van der Waals surface area contributed by atoms with Crippen molar-refractivity contribution in [1.82, 2.24) is 0 Å². The summed E-state index contributed by atoms with van der Waals surface area (Å²) < 4.78 is 53.4. The number of halogens is 5. The molecule has 1 unspecified atom stereocenters. The van der Waals surface area contributed by atoms with E-state index in [9.17, 15) is 17.6 Å². The minimum absolute atomic E-state index is 0.272. The Balaban J connectivity index is 2.65. The lowest BCUT2D eigenvalue weighted by molar-refractivity contribution is -0.173. The zero-order valence-corrected chi connectivity index (χ0v) is 10.7. The van der Waals surface area contributed by atoms with Crippen molar-refractivity contribution in [2.45, 2.75) is 25.4 Å². The van der Waals surface area contributed by atoms with E-state index in [0.29, 0.717) is 16.7 Å².